The molecule has 0 amide bonds. The SMILES string of the molecule is Cc1cccnc1C1(C(=O)O)CCCC1. The van der Waals surface area contributed by atoms with E-state index in [-0.39, 0.29) is 0 Å². The van der Waals surface area contributed by atoms with Gasteiger partial charge in [0.2, 0.25) is 0 Å². The maximum atomic E-state index is 11.4. The highest BCUT2D eigenvalue weighted by Crippen LogP contribution is 2.41. The van der Waals surface area contributed by atoms with E-state index in [0.717, 1.165) is 36.9 Å². The summed E-state index contributed by atoms with van der Waals surface area (Å²) in [5.41, 5.74) is 1.03. The molecule has 3 heteroatoms. The number of carbonyl (C=O) groups is 1. The molecule has 1 saturated carbocycles. The van der Waals surface area contributed by atoms with Crippen LogP contribution in [0.2, 0.25) is 0 Å². The molecule has 0 radical (unpaired) electrons. The van der Waals surface area contributed by atoms with E-state index in [1.807, 2.05) is 19.1 Å². The van der Waals surface area contributed by atoms with Gasteiger partial charge in [-0.2, -0.15) is 0 Å². The van der Waals surface area contributed by atoms with Gasteiger partial charge in [0.25, 0.3) is 0 Å². The van der Waals surface area contributed by atoms with Gasteiger partial charge in [-0.15, -0.1) is 0 Å². The van der Waals surface area contributed by atoms with Crippen LogP contribution >= 0.6 is 0 Å². The normalized spacial score (nSPS) is 19.0. The zero-order valence-corrected chi connectivity index (χ0v) is 8.86. The Balaban J connectivity index is 2.50. The van der Waals surface area contributed by atoms with E-state index in [1.165, 1.54) is 0 Å². The molecular formula is C12H15NO2. The Labute approximate surface area is 89.2 Å². The van der Waals surface area contributed by atoms with E-state index in [9.17, 15) is 9.90 Å². The molecule has 0 spiro atoms. The second-order valence-corrected chi connectivity index (χ2v) is 4.26. The van der Waals surface area contributed by atoms with Crippen molar-refractivity contribution in [2.24, 2.45) is 0 Å². The van der Waals surface area contributed by atoms with E-state index < -0.39 is 11.4 Å². The number of aromatic nitrogens is 1. The number of hydrogen-bond acceptors (Lipinski definition) is 2. The van der Waals surface area contributed by atoms with Crippen molar-refractivity contribution >= 4 is 5.97 Å². The average molecular weight is 205 g/mol. The Morgan fingerprint density at radius 1 is 1.47 bits per heavy atom. The first-order valence-corrected chi connectivity index (χ1v) is 5.32. The van der Waals surface area contributed by atoms with Crippen LogP contribution in [-0.2, 0) is 10.2 Å². The molecule has 0 aliphatic heterocycles. The van der Waals surface area contributed by atoms with Gasteiger partial charge in [0, 0.05) is 6.20 Å². The molecular weight excluding hydrogens is 190 g/mol. The molecule has 1 heterocycles. The van der Waals surface area contributed by atoms with Crippen LogP contribution in [0.1, 0.15) is 36.9 Å². The molecule has 1 aliphatic carbocycles. The minimum atomic E-state index is -0.721. The lowest BCUT2D eigenvalue weighted by Crippen LogP contribution is -2.34. The standard InChI is InChI=1S/C12H15NO2/c1-9-5-4-8-13-10(9)12(11(14)15)6-2-3-7-12/h4-5,8H,2-3,6-7H2,1H3,(H,14,15). The summed E-state index contributed by atoms with van der Waals surface area (Å²) in [4.78, 5) is 15.7. The first-order valence-electron chi connectivity index (χ1n) is 5.32. The molecule has 1 N–H and O–H groups in total. The number of carboxylic acids is 1. The highest BCUT2D eigenvalue weighted by atomic mass is 16.4. The largest absolute Gasteiger partial charge is 0.481 e. The van der Waals surface area contributed by atoms with E-state index in [4.69, 9.17) is 0 Å². The number of rotatable bonds is 2. The Bertz CT molecular complexity index is 381. The Kier molecular flexibility index (Phi) is 2.47. The highest BCUT2D eigenvalue weighted by Gasteiger charge is 2.44. The summed E-state index contributed by atoms with van der Waals surface area (Å²) >= 11 is 0. The molecule has 1 aliphatic rings. The molecule has 0 saturated heterocycles. The minimum absolute atomic E-state index is 0.717. The smallest absolute Gasteiger partial charge is 0.315 e. The maximum absolute atomic E-state index is 11.4. The predicted molar refractivity (Wildman–Crippen MR) is 56.8 cm³/mol. The molecule has 0 unspecified atom stereocenters. The Morgan fingerprint density at radius 2 is 2.13 bits per heavy atom. The number of aliphatic carboxylic acids is 1. The van der Waals surface area contributed by atoms with Crippen LogP contribution in [0.25, 0.3) is 0 Å². The topological polar surface area (TPSA) is 50.2 Å². The number of hydrogen-bond donors (Lipinski definition) is 1. The van der Waals surface area contributed by atoms with Gasteiger partial charge >= 0.3 is 5.97 Å². The second-order valence-electron chi connectivity index (χ2n) is 4.26. The van der Waals surface area contributed by atoms with Gasteiger partial charge in [-0.25, -0.2) is 0 Å². The van der Waals surface area contributed by atoms with Crippen molar-refractivity contribution in [2.45, 2.75) is 38.0 Å². The van der Waals surface area contributed by atoms with Crippen LogP contribution in [0.5, 0.6) is 0 Å². The molecule has 80 valence electrons. The molecule has 3 nitrogen and oxygen atoms in total. The number of nitrogens with zero attached hydrogens (tertiary/aromatic N) is 1. The monoisotopic (exact) mass is 205 g/mol. The fraction of sp³-hybridized carbons (Fsp3) is 0.500. The molecule has 1 fully saturated rings. The number of carboxylic acid groups (broad SMARTS) is 1. The van der Waals surface area contributed by atoms with Crippen molar-refractivity contribution < 1.29 is 9.90 Å². The van der Waals surface area contributed by atoms with Crippen molar-refractivity contribution in [3.8, 4) is 0 Å². The van der Waals surface area contributed by atoms with Crippen molar-refractivity contribution in [1.29, 1.82) is 0 Å². The third-order valence-electron chi connectivity index (χ3n) is 3.33. The summed E-state index contributed by atoms with van der Waals surface area (Å²) in [6, 6.07) is 3.79. The van der Waals surface area contributed by atoms with Crippen molar-refractivity contribution in [3.05, 3.63) is 29.6 Å². The third kappa shape index (κ3) is 1.52. The summed E-state index contributed by atoms with van der Waals surface area (Å²) in [5, 5.41) is 9.40. The van der Waals surface area contributed by atoms with Gasteiger partial charge in [0.05, 0.1) is 5.69 Å². The summed E-state index contributed by atoms with van der Waals surface area (Å²) in [6.45, 7) is 1.94. The van der Waals surface area contributed by atoms with Crippen LogP contribution in [0, 0.1) is 6.92 Å². The Morgan fingerprint density at radius 3 is 2.67 bits per heavy atom. The molecule has 15 heavy (non-hydrogen) atoms. The summed E-state index contributed by atoms with van der Waals surface area (Å²) in [5.74, 6) is -0.721. The third-order valence-corrected chi connectivity index (χ3v) is 3.33. The van der Waals surface area contributed by atoms with Gasteiger partial charge in [-0.1, -0.05) is 18.9 Å². The van der Waals surface area contributed by atoms with Crippen molar-refractivity contribution in [3.63, 3.8) is 0 Å². The number of pyridine rings is 1. The molecule has 1 aromatic heterocycles. The van der Waals surface area contributed by atoms with Gasteiger partial charge in [-0.3, -0.25) is 9.78 Å². The highest BCUT2D eigenvalue weighted by molar-refractivity contribution is 5.81. The van der Waals surface area contributed by atoms with Crippen molar-refractivity contribution in [2.75, 3.05) is 0 Å². The zero-order chi connectivity index (χ0) is 10.9. The van der Waals surface area contributed by atoms with E-state index in [2.05, 4.69) is 4.98 Å². The lowest BCUT2D eigenvalue weighted by molar-refractivity contribution is -0.143. The van der Waals surface area contributed by atoms with E-state index >= 15 is 0 Å². The van der Waals surface area contributed by atoms with Gasteiger partial charge < -0.3 is 5.11 Å². The van der Waals surface area contributed by atoms with Crippen LogP contribution in [-0.4, -0.2) is 16.1 Å². The first-order chi connectivity index (χ1) is 7.17. The van der Waals surface area contributed by atoms with E-state index in [1.54, 1.807) is 6.20 Å². The Hall–Kier alpha value is -1.38. The minimum Gasteiger partial charge on any atom is -0.481 e. The summed E-state index contributed by atoms with van der Waals surface area (Å²) < 4.78 is 0. The lowest BCUT2D eigenvalue weighted by atomic mass is 9.80. The predicted octanol–water partition coefficient (Wildman–Crippen LogP) is 2.29. The number of aryl methyl sites for hydroxylation is 1. The first kappa shape index (κ1) is 10.1. The summed E-state index contributed by atoms with van der Waals surface area (Å²) in [7, 11) is 0. The van der Waals surface area contributed by atoms with Crippen LogP contribution in [0.4, 0.5) is 0 Å². The fourth-order valence-electron chi connectivity index (χ4n) is 2.52. The van der Waals surface area contributed by atoms with Gasteiger partial charge in [-0.05, 0) is 31.4 Å². The van der Waals surface area contributed by atoms with E-state index in [0.29, 0.717) is 0 Å². The average Bonchev–Trinajstić information content (AvgIpc) is 2.68. The molecule has 0 bridgehead atoms. The van der Waals surface area contributed by atoms with Crippen molar-refractivity contribution in [1.82, 2.24) is 4.98 Å². The lowest BCUT2D eigenvalue weighted by Gasteiger charge is -2.24. The fourth-order valence-corrected chi connectivity index (χ4v) is 2.52. The van der Waals surface area contributed by atoms with Gasteiger partial charge in [0.1, 0.15) is 5.41 Å². The molecule has 1 aromatic rings. The van der Waals surface area contributed by atoms with Gasteiger partial charge in [0.15, 0.2) is 0 Å². The second kappa shape index (κ2) is 3.65. The van der Waals surface area contributed by atoms with Crippen LogP contribution in [0.3, 0.4) is 0 Å². The maximum Gasteiger partial charge on any atom is 0.315 e. The van der Waals surface area contributed by atoms with Crippen LogP contribution < -0.4 is 0 Å². The molecule has 2 rings (SSSR count). The molecule has 0 atom stereocenters. The molecule has 0 aromatic carbocycles. The quantitative estimate of drug-likeness (QED) is 0.805. The zero-order valence-electron chi connectivity index (χ0n) is 8.86. The van der Waals surface area contributed by atoms with Crippen LogP contribution in [0.15, 0.2) is 18.3 Å². The summed E-state index contributed by atoms with van der Waals surface area (Å²) in [6.07, 6.45) is 5.11.